The van der Waals surface area contributed by atoms with E-state index in [9.17, 15) is 4.79 Å². The van der Waals surface area contributed by atoms with E-state index in [0.717, 1.165) is 16.8 Å². The third-order valence-corrected chi connectivity index (χ3v) is 4.67. The minimum absolute atomic E-state index is 0.0481. The van der Waals surface area contributed by atoms with Crippen molar-refractivity contribution in [1.29, 1.82) is 0 Å². The minimum atomic E-state index is -0.137. The Morgan fingerprint density at radius 3 is 2.60 bits per heavy atom. The summed E-state index contributed by atoms with van der Waals surface area (Å²) < 4.78 is 27.3. The van der Waals surface area contributed by atoms with Crippen molar-refractivity contribution in [2.75, 3.05) is 26.0 Å². The quantitative estimate of drug-likeness (QED) is 0.905. The van der Waals surface area contributed by atoms with Crippen LogP contribution in [0.2, 0.25) is 0 Å². The fourth-order valence-electron chi connectivity index (χ4n) is 3.50. The molecular formula is C18H15NO6. The molecule has 0 bridgehead atoms. The molecule has 3 aliphatic heterocycles. The van der Waals surface area contributed by atoms with Gasteiger partial charge in [-0.2, -0.15) is 0 Å². The van der Waals surface area contributed by atoms with E-state index in [0.29, 0.717) is 35.2 Å². The third-order valence-electron chi connectivity index (χ3n) is 4.67. The Labute approximate surface area is 143 Å². The normalized spacial score (nSPS) is 19.4. The van der Waals surface area contributed by atoms with E-state index in [2.05, 4.69) is 5.32 Å². The zero-order chi connectivity index (χ0) is 17.0. The molecule has 0 aliphatic carbocycles. The number of amides is 1. The van der Waals surface area contributed by atoms with E-state index in [1.807, 2.05) is 24.3 Å². The lowest BCUT2D eigenvalue weighted by atomic mass is 9.84. The second-order valence-corrected chi connectivity index (χ2v) is 6.05. The highest BCUT2D eigenvalue weighted by atomic mass is 16.7. The van der Waals surface area contributed by atoms with Crippen LogP contribution in [-0.2, 0) is 4.79 Å². The van der Waals surface area contributed by atoms with Crippen molar-refractivity contribution in [2.24, 2.45) is 0 Å². The first kappa shape index (κ1) is 14.3. The summed E-state index contributed by atoms with van der Waals surface area (Å²) >= 11 is 0. The van der Waals surface area contributed by atoms with Gasteiger partial charge in [0.05, 0.1) is 7.11 Å². The van der Waals surface area contributed by atoms with E-state index >= 15 is 0 Å². The molecule has 0 saturated heterocycles. The number of fused-ring (bicyclic) bond motifs is 3. The number of carbonyl (C=O) groups excluding carboxylic acids is 1. The Hall–Kier alpha value is -3.09. The number of rotatable bonds is 2. The lowest BCUT2D eigenvalue weighted by Gasteiger charge is -2.26. The molecule has 0 saturated carbocycles. The number of hydrogen-bond donors (Lipinski definition) is 1. The van der Waals surface area contributed by atoms with Crippen LogP contribution >= 0.6 is 0 Å². The van der Waals surface area contributed by atoms with Gasteiger partial charge in [-0.3, -0.25) is 4.79 Å². The van der Waals surface area contributed by atoms with Crippen LogP contribution < -0.4 is 29.0 Å². The molecule has 7 nitrogen and oxygen atoms in total. The second-order valence-electron chi connectivity index (χ2n) is 6.05. The van der Waals surface area contributed by atoms with E-state index in [4.69, 9.17) is 23.7 Å². The van der Waals surface area contributed by atoms with Crippen molar-refractivity contribution in [1.82, 2.24) is 0 Å². The maximum Gasteiger partial charge on any atom is 0.231 e. The van der Waals surface area contributed by atoms with Crippen LogP contribution in [0.1, 0.15) is 23.5 Å². The second kappa shape index (κ2) is 5.20. The molecule has 3 aliphatic rings. The molecule has 3 heterocycles. The van der Waals surface area contributed by atoms with Gasteiger partial charge in [0.2, 0.25) is 25.2 Å². The van der Waals surface area contributed by atoms with E-state index < -0.39 is 0 Å². The Balaban J connectivity index is 1.65. The smallest absolute Gasteiger partial charge is 0.231 e. The highest BCUT2D eigenvalue weighted by Gasteiger charge is 2.32. The monoisotopic (exact) mass is 341 g/mol. The number of nitrogens with one attached hydrogen (secondary N) is 1. The van der Waals surface area contributed by atoms with Crippen molar-refractivity contribution in [3.05, 3.63) is 35.4 Å². The molecule has 1 N–H and O–H groups in total. The molecule has 25 heavy (non-hydrogen) atoms. The number of methoxy groups -OCH3 is 1. The van der Waals surface area contributed by atoms with Gasteiger partial charge in [0.1, 0.15) is 0 Å². The molecule has 1 amide bonds. The van der Waals surface area contributed by atoms with Crippen LogP contribution in [0.15, 0.2) is 24.3 Å². The van der Waals surface area contributed by atoms with Crippen molar-refractivity contribution in [2.45, 2.75) is 12.3 Å². The summed E-state index contributed by atoms with van der Waals surface area (Å²) in [5.41, 5.74) is 2.64. The number of hydrogen-bond acceptors (Lipinski definition) is 6. The first-order valence-electron chi connectivity index (χ1n) is 7.94. The summed E-state index contributed by atoms with van der Waals surface area (Å²) in [6.07, 6.45) is 0.329. The summed E-state index contributed by atoms with van der Waals surface area (Å²) in [7, 11) is 1.58. The Morgan fingerprint density at radius 1 is 1.00 bits per heavy atom. The summed E-state index contributed by atoms with van der Waals surface area (Å²) in [5.74, 6) is 2.96. The van der Waals surface area contributed by atoms with Gasteiger partial charge in [0.25, 0.3) is 0 Å². The maximum atomic E-state index is 12.2. The molecule has 5 rings (SSSR count). The molecule has 1 unspecified atom stereocenters. The standard InChI is InChI=1S/C18H15NO6/c1-21-15-2-9(3-16-18(15)25-8-24-16)10-5-17(20)19-12-6-14-13(4-11(10)12)22-7-23-14/h2-4,6,10H,5,7-8H2,1H3,(H,19,20). The van der Waals surface area contributed by atoms with E-state index in [1.165, 1.54) is 0 Å². The molecule has 2 aromatic carbocycles. The zero-order valence-electron chi connectivity index (χ0n) is 13.5. The fraction of sp³-hybridized carbons (Fsp3) is 0.278. The van der Waals surface area contributed by atoms with Crippen LogP contribution in [-0.4, -0.2) is 26.6 Å². The first-order valence-corrected chi connectivity index (χ1v) is 7.94. The fourth-order valence-corrected chi connectivity index (χ4v) is 3.50. The van der Waals surface area contributed by atoms with Crippen LogP contribution in [0, 0.1) is 0 Å². The van der Waals surface area contributed by atoms with Crippen LogP contribution in [0.3, 0.4) is 0 Å². The van der Waals surface area contributed by atoms with Gasteiger partial charge in [-0.05, 0) is 29.3 Å². The highest BCUT2D eigenvalue weighted by Crippen LogP contribution is 2.48. The van der Waals surface area contributed by atoms with Crippen LogP contribution in [0.25, 0.3) is 0 Å². The van der Waals surface area contributed by atoms with Crippen molar-refractivity contribution < 1.29 is 28.5 Å². The molecule has 7 heteroatoms. The first-order chi connectivity index (χ1) is 12.2. The Bertz CT molecular complexity index is 894. The average Bonchev–Trinajstić information content (AvgIpc) is 3.26. The minimum Gasteiger partial charge on any atom is -0.493 e. The van der Waals surface area contributed by atoms with Gasteiger partial charge in [0.15, 0.2) is 23.0 Å². The summed E-state index contributed by atoms with van der Waals surface area (Å²) in [5, 5.41) is 2.91. The van der Waals surface area contributed by atoms with Crippen molar-refractivity contribution in [3.63, 3.8) is 0 Å². The maximum absolute atomic E-state index is 12.2. The number of benzene rings is 2. The van der Waals surface area contributed by atoms with Crippen molar-refractivity contribution >= 4 is 11.6 Å². The number of anilines is 1. The molecule has 0 radical (unpaired) electrons. The van der Waals surface area contributed by atoms with Gasteiger partial charge < -0.3 is 29.0 Å². The Morgan fingerprint density at radius 2 is 1.76 bits per heavy atom. The lowest BCUT2D eigenvalue weighted by Crippen LogP contribution is -2.23. The number of ether oxygens (including phenoxy) is 5. The molecule has 0 fully saturated rings. The predicted octanol–water partition coefficient (Wildman–Crippen LogP) is 2.63. The topological polar surface area (TPSA) is 75.3 Å². The molecule has 0 aromatic heterocycles. The largest absolute Gasteiger partial charge is 0.493 e. The SMILES string of the molecule is COc1cc(C2CC(=O)Nc3cc4c(cc32)OCO4)cc2c1OCO2. The summed E-state index contributed by atoms with van der Waals surface area (Å²) in [6, 6.07) is 7.54. The summed E-state index contributed by atoms with van der Waals surface area (Å²) in [6.45, 7) is 0.351. The van der Waals surface area contributed by atoms with Gasteiger partial charge in [-0.15, -0.1) is 0 Å². The zero-order valence-corrected chi connectivity index (χ0v) is 13.5. The molecule has 1 atom stereocenters. The molecule has 2 aromatic rings. The van der Waals surface area contributed by atoms with Crippen LogP contribution in [0.4, 0.5) is 5.69 Å². The van der Waals surface area contributed by atoms with E-state index in [-0.39, 0.29) is 25.4 Å². The summed E-state index contributed by atoms with van der Waals surface area (Å²) in [4.78, 5) is 12.2. The van der Waals surface area contributed by atoms with Gasteiger partial charge in [-0.1, -0.05) is 0 Å². The predicted molar refractivity (Wildman–Crippen MR) is 86.8 cm³/mol. The Kier molecular flexibility index (Phi) is 2.97. The van der Waals surface area contributed by atoms with Crippen LogP contribution in [0.5, 0.6) is 28.7 Å². The van der Waals surface area contributed by atoms with Crippen molar-refractivity contribution in [3.8, 4) is 28.7 Å². The average molecular weight is 341 g/mol. The van der Waals surface area contributed by atoms with Gasteiger partial charge in [0, 0.05) is 24.1 Å². The molecule has 0 spiro atoms. The number of carbonyl (C=O) groups is 1. The van der Waals surface area contributed by atoms with Gasteiger partial charge in [-0.25, -0.2) is 0 Å². The highest BCUT2D eigenvalue weighted by molar-refractivity contribution is 5.96. The van der Waals surface area contributed by atoms with E-state index in [1.54, 1.807) is 7.11 Å². The lowest BCUT2D eigenvalue weighted by molar-refractivity contribution is -0.116. The van der Waals surface area contributed by atoms with Gasteiger partial charge >= 0.3 is 0 Å². The molecular weight excluding hydrogens is 326 g/mol. The third kappa shape index (κ3) is 2.15. The molecule has 128 valence electrons.